The van der Waals surface area contributed by atoms with Gasteiger partial charge in [0.25, 0.3) is 0 Å². The molecule has 2 aromatic rings. The molecule has 160 valence electrons. The van der Waals surface area contributed by atoms with Gasteiger partial charge >= 0.3 is 0 Å². The Labute approximate surface area is 175 Å². The molecule has 0 spiro atoms. The van der Waals surface area contributed by atoms with E-state index in [1.807, 2.05) is 17.0 Å². The topological polar surface area (TPSA) is 109 Å². The van der Waals surface area contributed by atoms with Crippen molar-refractivity contribution in [1.82, 2.24) is 9.29 Å². The SMILES string of the molecule is COc1ccc(-c2nc(C#N)c(N3CCC(S(=O)(=O)N4CCOCC4)CC3)o2)cc1. The summed E-state index contributed by atoms with van der Waals surface area (Å²) >= 11 is 0. The molecule has 0 unspecified atom stereocenters. The van der Waals surface area contributed by atoms with Gasteiger partial charge in [0.05, 0.1) is 25.6 Å². The molecule has 1 aromatic heterocycles. The van der Waals surface area contributed by atoms with Gasteiger partial charge in [-0.1, -0.05) is 0 Å². The standard InChI is InChI=1S/C20H24N4O5S/c1-27-16-4-2-15(3-5-16)19-22-18(14-21)20(29-19)23-8-6-17(7-9-23)30(25,26)24-10-12-28-13-11-24/h2-5,17H,6-13H2,1H3. The molecule has 2 fully saturated rings. The third-order valence-corrected chi connectivity index (χ3v) is 7.93. The Hall–Kier alpha value is -2.61. The quantitative estimate of drug-likeness (QED) is 0.704. The Morgan fingerprint density at radius 3 is 2.40 bits per heavy atom. The highest BCUT2D eigenvalue weighted by molar-refractivity contribution is 7.89. The van der Waals surface area contributed by atoms with Crippen molar-refractivity contribution in [3.8, 4) is 23.3 Å². The minimum atomic E-state index is -3.35. The van der Waals surface area contributed by atoms with Crippen LogP contribution in [0.25, 0.3) is 11.5 Å². The molecule has 1 aromatic carbocycles. The lowest BCUT2D eigenvalue weighted by Gasteiger charge is -2.35. The van der Waals surface area contributed by atoms with Gasteiger partial charge in [-0.05, 0) is 37.1 Å². The number of nitriles is 1. The third-order valence-electron chi connectivity index (χ3n) is 5.53. The minimum Gasteiger partial charge on any atom is -0.497 e. The predicted octanol–water partition coefficient (Wildman–Crippen LogP) is 1.85. The number of methoxy groups -OCH3 is 1. The van der Waals surface area contributed by atoms with Gasteiger partial charge in [-0.15, -0.1) is 0 Å². The second kappa shape index (κ2) is 8.63. The average molecular weight is 433 g/mol. The van der Waals surface area contributed by atoms with Gasteiger partial charge in [0.1, 0.15) is 11.8 Å². The summed E-state index contributed by atoms with van der Waals surface area (Å²) in [4.78, 5) is 6.23. The summed E-state index contributed by atoms with van der Waals surface area (Å²) < 4.78 is 43.7. The van der Waals surface area contributed by atoms with E-state index in [4.69, 9.17) is 13.9 Å². The molecular weight excluding hydrogens is 408 g/mol. The smallest absolute Gasteiger partial charge is 0.235 e. The van der Waals surface area contributed by atoms with Gasteiger partial charge in [-0.2, -0.15) is 14.6 Å². The maximum Gasteiger partial charge on any atom is 0.235 e. The molecule has 2 aliphatic heterocycles. The van der Waals surface area contributed by atoms with Crippen LogP contribution in [0.5, 0.6) is 5.75 Å². The first-order valence-electron chi connectivity index (χ1n) is 9.90. The van der Waals surface area contributed by atoms with Crippen molar-refractivity contribution < 1.29 is 22.3 Å². The van der Waals surface area contributed by atoms with E-state index in [9.17, 15) is 13.7 Å². The third kappa shape index (κ3) is 4.01. The molecule has 2 aliphatic rings. The Bertz CT molecular complexity index is 1010. The first-order valence-corrected chi connectivity index (χ1v) is 11.4. The van der Waals surface area contributed by atoms with E-state index in [1.165, 1.54) is 4.31 Å². The van der Waals surface area contributed by atoms with Crippen LogP contribution in [-0.4, -0.2) is 69.5 Å². The van der Waals surface area contributed by atoms with Crippen LogP contribution in [0.3, 0.4) is 0 Å². The predicted molar refractivity (Wildman–Crippen MR) is 110 cm³/mol. The highest BCUT2D eigenvalue weighted by Crippen LogP contribution is 2.32. The summed E-state index contributed by atoms with van der Waals surface area (Å²) in [5.41, 5.74) is 0.943. The molecule has 2 saturated heterocycles. The minimum absolute atomic E-state index is 0.204. The van der Waals surface area contributed by atoms with E-state index in [2.05, 4.69) is 11.1 Å². The average Bonchev–Trinajstić information content (AvgIpc) is 3.24. The van der Waals surface area contributed by atoms with Gasteiger partial charge in [-0.25, -0.2) is 8.42 Å². The van der Waals surface area contributed by atoms with E-state index in [1.54, 1.807) is 19.2 Å². The summed E-state index contributed by atoms with van der Waals surface area (Å²) in [6.45, 7) is 2.68. The number of hydrogen-bond acceptors (Lipinski definition) is 8. The van der Waals surface area contributed by atoms with Gasteiger partial charge in [0, 0.05) is 31.7 Å². The summed E-state index contributed by atoms with van der Waals surface area (Å²) in [7, 11) is -1.76. The lowest BCUT2D eigenvalue weighted by Crippen LogP contribution is -2.48. The Kier molecular flexibility index (Phi) is 5.94. The molecule has 0 bridgehead atoms. The maximum atomic E-state index is 12.9. The summed E-state index contributed by atoms with van der Waals surface area (Å²) in [5, 5.41) is 9.08. The molecule has 0 amide bonds. The van der Waals surface area contributed by atoms with E-state index < -0.39 is 15.3 Å². The second-order valence-electron chi connectivity index (χ2n) is 7.26. The highest BCUT2D eigenvalue weighted by Gasteiger charge is 2.36. The Morgan fingerprint density at radius 1 is 1.13 bits per heavy atom. The number of piperidine rings is 1. The van der Waals surface area contributed by atoms with Crippen molar-refractivity contribution in [2.45, 2.75) is 18.1 Å². The van der Waals surface area contributed by atoms with Crippen LogP contribution in [-0.2, 0) is 14.8 Å². The van der Waals surface area contributed by atoms with Crippen molar-refractivity contribution in [1.29, 1.82) is 5.26 Å². The number of sulfonamides is 1. The number of aromatic nitrogens is 1. The van der Waals surface area contributed by atoms with Gasteiger partial charge in [-0.3, -0.25) is 0 Å². The molecule has 0 aliphatic carbocycles. The summed E-state index contributed by atoms with van der Waals surface area (Å²) in [5.74, 6) is 1.47. The second-order valence-corrected chi connectivity index (χ2v) is 9.47. The number of rotatable bonds is 5. The zero-order valence-corrected chi connectivity index (χ0v) is 17.6. The fraction of sp³-hybridized carbons (Fsp3) is 0.500. The zero-order valence-electron chi connectivity index (χ0n) is 16.8. The largest absolute Gasteiger partial charge is 0.497 e. The van der Waals surface area contributed by atoms with Crippen molar-refractivity contribution >= 4 is 15.9 Å². The van der Waals surface area contributed by atoms with Crippen molar-refractivity contribution in [2.24, 2.45) is 0 Å². The van der Waals surface area contributed by atoms with Crippen LogP contribution in [0, 0.1) is 11.3 Å². The maximum absolute atomic E-state index is 12.9. The number of hydrogen-bond donors (Lipinski definition) is 0. The first-order chi connectivity index (χ1) is 14.5. The summed E-state index contributed by atoms with van der Waals surface area (Å²) in [6, 6.07) is 9.32. The van der Waals surface area contributed by atoms with Crippen LogP contribution in [0.2, 0.25) is 0 Å². The van der Waals surface area contributed by atoms with E-state index in [0.717, 1.165) is 11.3 Å². The molecule has 9 nitrogen and oxygen atoms in total. The van der Waals surface area contributed by atoms with Crippen LogP contribution in [0.1, 0.15) is 18.5 Å². The molecule has 4 rings (SSSR count). The monoisotopic (exact) mass is 432 g/mol. The van der Waals surface area contributed by atoms with Crippen LogP contribution in [0.15, 0.2) is 28.7 Å². The number of ether oxygens (including phenoxy) is 2. The first kappa shape index (κ1) is 20.7. The Morgan fingerprint density at radius 2 is 1.80 bits per heavy atom. The molecule has 0 saturated carbocycles. The van der Waals surface area contributed by atoms with Crippen LogP contribution < -0.4 is 9.64 Å². The van der Waals surface area contributed by atoms with Gasteiger partial charge < -0.3 is 18.8 Å². The molecule has 0 N–H and O–H groups in total. The number of benzene rings is 1. The molecule has 3 heterocycles. The normalized spacial score (nSPS) is 18.9. The number of morpholine rings is 1. The molecular formula is C20H24N4O5S. The number of anilines is 1. The lowest BCUT2D eigenvalue weighted by molar-refractivity contribution is 0.0724. The van der Waals surface area contributed by atoms with E-state index >= 15 is 0 Å². The van der Waals surface area contributed by atoms with Gasteiger partial charge in [0.15, 0.2) is 0 Å². The molecule has 0 atom stereocenters. The van der Waals surface area contributed by atoms with Crippen LogP contribution >= 0.6 is 0 Å². The molecule has 0 radical (unpaired) electrons. The lowest BCUT2D eigenvalue weighted by atomic mass is 10.1. The fourth-order valence-electron chi connectivity index (χ4n) is 3.82. The van der Waals surface area contributed by atoms with Crippen molar-refractivity contribution in [2.75, 3.05) is 51.4 Å². The number of nitrogens with zero attached hydrogens (tertiary/aromatic N) is 4. The zero-order chi connectivity index (χ0) is 21.1. The Balaban J connectivity index is 1.48. The number of oxazole rings is 1. The van der Waals surface area contributed by atoms with Crippen LogP contribution in [0.4, 0.5) is 5.88 Å². The highest BCUT2D eigenvalue weighted by atomic mass is 32.2. The van der Waals surface area contributed by atoms with Gasteiger partial charge in [0.2, 0.25) is 27.5 Å². The van der Waals surface area contributed by atoms with Crippen molar-refractivity contribution in [3.63, 3.8) is 0 Å². The van der Waals surface area contributed by atoms with Crippen molar-refractivity contribution in [3.05, 3.63) is 30.0 Å². The molecule has 30 heavy (non-hydrogen) atoms. The van der Waals surface area contributed by atoms with E-state index in [0.29, 0.717) is 64.0 Å². The summed E-state index contributed by atoms with van der Waals surface area (Å²) in [6.07, 6.45) is 0.951. The fourth-order valence-corrected chi connectivity index (χ4v) is 5.71. The molecule has 10 heteroatoms. The van der Waals surface area contributed by atoms with E-state index in [-0.39, 0.29) is 5.69 Å².